The van der Waals surface area contributed by atoms with Gasteiger partial charge in [0.25, 0.3) is 5.91 Å². The van der Waals surface area contributed by atoms with Crippen LogP contribution in [0.1, 0.15) is 28.9 Å². The molecule has 2 fully saturated rings. The van der Waals surface area contributed by atoms with Gasteiger partial charge in [-0.1, -0.05) is 30.3 Å². The summed E-state index contributed by atoms with van der Waals surface area (Å²) in [5.74, 6) is 0.448. The summed E-state index contributed by atoms with van der Waals surface area (Å²) in [5, 5.41) is 7.83. The smallest absolute Gasteiger partial charge is 0.274 e. The molecule has 0 aliphatic carbocycles. The Hall–Kier alpha value is -3.00. The molecule has 0 bridgehead atoms. The normalized spacial score (nSPS) is 20.3. The molecular formula is C22H27N5O3. The quantitative estimate of drug-likeness (QED) is 0.744. The highest BCUT2D eigenvalue weighted by molar-refractivity contribution is 5.92. The van der Waals surface area contributed by atoms with Crippen LogP contribution >= 0.6 is 0 Å². The van der Waals surface area contributed by atoms with Gasteiger partial charge < -0.3 is 14.5 Å². The third kappa shape index (κ3) is 4.43. The molecule has 8 heteroatoms. The van der Waals surface area contributed by atoms with E-state index in [2.05, 4.69) is 27.2 Å². The van der Waals surface area contributed by atoms with E-state index in [9.17, 15) is 9.59 Å². The average molecular weight is 409 g/mol. The van der Waals surface area contributed by atoms with Gasteiger partial charge in [-0.15, -0.1) is 10.2 Å². The monoisotopic (exact) mass is 409 g/mol. The van der Waals surface area contributed by atoms with E-state index in [-0.39, 0.29) is 17.9 Å². The third-order valence-electron chi connectivity index (χ3n) is 5.83. The maximum absolute atomic E-state index is 13.1. The van der Waals surface area contributed by atoms with Crippen LogP contribution in [0, 0.1) is 0 Å². The Bertz CT molecular complexity index is 866. The molecule has 0 spiro atoms. The van der Waals surface area contributed by atoms with E-state index in [1.165, 1.54) is 7.11 Å². The van der Waals surface area contributed by atoms with Crippen LogP contribution in [0.5, 0.6) is 5.88 Å². The van der Waals surface area contributed by atoms with Crippen LogP contribution in [0.25, 0.3) is 0 Å². The Labute approximate surface area is 176 Å². The number of likely N-dealkylation sites (tertiary alicyclic amines) is 1. The van der Waals surface area contributed by atoms with Crippen molar-refractivity contribution < 1.29 is 14.3 Å². The van der Waals surface area contributed by atoms with Crippen molar-refractivity contribution in [2.45, 2.75) is 25.4 Å². The number of nitrogens with zero attached hydrogens (tertiary/aromatic N) is 5. The molecule has 158 valence electrons. The number of piperidine rings is 1. The third-order valence-corrected chi connectivity index (χ3v) is 5.83. The highest BCUT2D eigenvalue weighted by Gasteiger charge is 2.35. The van der Waals surface area contributed by atoms with E-state index in [0.29, 0.717) is 44.3 Å². The lowest BCUT2D eigenvalue weighted by molar-refractivity contribution is -0.141. The lowest BCUT2D eigenvalue weighted by Gasteiger charge is -2.42. The zero-order chi connectivity index (χ0) is 20.9. The summed E-state index contributed by atoms with van der Waals surface area (Å²) in [6.07, 6.45) is 1.88. The van der Waals surface area contributed by atoms with E-state index < -0.39 is 0 Å². The first-order valence-corrected chi connectivity index (χ1v) is 10.4. The fourth-order valence-corrected chi connectivity index (χ4v) is 4.16. The summed E-state index contributed by atoms with van der Waals surface area (Å²) in [7, 11) is 1.51. The summed E-state index contributed by atoms with van der Waals surface area (Å²) in [6, 6.07) is 13.3. The first-order chi connectivity index (χ1) is 14.7. The van der Waals surface area contributed by atoms with Crippen LogP contribution in [0.3, 0.4) is 0 Å². The molecule has 0 saturated carbocycles. The second kappa shape index (κ2) is 9.21. The zero-order valence-corrected chi connectivity index (χ0v) is 17.2. The molecule has 1 aromatic carbocycles. The van der Waals surface area contributed by atoms with Gasteiger partial charge in [0.1, 0.15) is 0 Å². The Morgan fingerprint density at radius 1 is 1.03 bits per heavy atom. The van der Waals surface area contributed by atoms with Gasteiger partial charge in [0.2, 0.25) is 11.8 Å². The van der Waals surface area contributed by atoms with E-state index in [4.69, 9.17) is 4.74 Å². The van der Waals surface area contributed by atoms with Crippen LogP contribution in [-0.2, 0) is 11.3 Å². The molecule has 8 nitrogen and oxygen atoms in total. The second-order valence-electron chi connectivity index (χ2n) is 7.69. The number of aromatic nitrogens is 2. The fourth-order valence-electron chi connectivity index (χ4n) is 4.16. The van der Waals surface area contributed by atoms with Gasteiger partial charge in [-0.05, 0) is 24.5 Å². The largest absolute Gasteiger partial charge is 0.480 e. The summed E-state index contributed by atoms with van der Waals surface area (Å²) in [6.45, 7) is 3.99. The molecule has 2 aromatic rings. The van der Waals surface area contributed by atoms with Gasteiger partial charge in [-0.25, -0.2) is 0 Å². The minimum absolute atomic E-state index is 0.0968. The molecule has 2 aliphatic rings. The minimum atomic E-state index is -0.134. The lowest BCUT2D eigenvalue weighted by atomic mass is 10.0. The lowest BCUT2D eigenvalue weighted by Crippen LogP contribution is -2.58. The number of carbonyl (C=O) groups excluding carboxylic acids is 2. The number of carbonyl (C=O) groups is 2. The van der Waals surface area contributed by atoms with Crippen molar-refractivity contribution in [1.29, 1.82) is 0 Å². The van der Waals surface area contributed by atoms with Crippen LogP contribution < -0.4 is 4.74 Å². The molecule has 3 heterocycles. The zero-order valence-electron chi connectivity index (χ0n) is 17.2. The van der Waals surface area contributed by atoms with Crippen molar-refractivity contribution in [3.05, 3.63) is 53.7 Å². The van der Waals surface area contributed by atoms with Gasteiger partial charge in [0.15, 0.2) is 5.69 Å². The van der Waals surface area contributed by atoms with Crippen molar-refractivity contribution in [2.24, 2.45) is 0 Å². The summed E-state index contributed by atoms with van der Waals surface area (Å²) < 4.78 is 4.99. The Morgan fingerprint density at radius 2 is 1.80 bits per heavy atom. The number of rotatable bonds is 5. The SMILES string of the molecule is COc1ccc(C(=O)N2CCN([C@H]3CCCN(Cc4ccccc4)C3=O)CC2)nn1. The summed E-state index contributed by atoms with van der Waals surface area (Å²) >= 11 is 0. The Kier molecular flexibility index (Phi) is 6.23. The Morgan fingerprint density at radius 3 is 2.47 bits per heavy atom. The maximum atomic E-state index is 13.1. The molecule has 2 amide bonds. The van der Waals surface area contributed by atoms with E-state index in [0.717, 1.165) is 24.9 Å². The molecule has 0 radical (unpaired) electrons. The number of methoxy groups -OCH3 is 1. The number of hydrogen-bond donors (Lipinski definition) is 0. The number of benzene rings is 1. The topological polar surface area (TPSA) is 78.9 Å². The summed E-state index contributed by atoms with van der Waals surface area (Å²) in [5.41, 5.74) is 1.47. The molecule has 1 atom stereocenters. The molecule has 1 aromatic heterocycles. The maximum Gasteiger partial charge on any atom is 0.274 e. The molecule has 4 rings (SSSR count). The highest BCUT2D eigenvalue weighted by atomic mass is 16.5. The van der Waals surface area contributed by atoms with Crippen LogP contribution in [0.15, 0.2) is 42.5 Å². The standard InChI is InChI=1S/C22H27N5O3/c1-30-20-10-9-18(23-24-20)21(28)26-14-12-25(13-15-26)19-8-5-11-27(22(19)29)16-17-6-3-2-4-7-17/h2-4,6-7,9-10,19H,5,8,11-16H2,1H3/t19-/m0/s1. The number of amides is 2. The Balaban J connectivity index is 1.33. The van der Waals surface area contributed by atoms with Crippen LogP contribution in [-0.4, -0.2) is 82.6 Å². The first-order valence-electron chi connectivity index (χ1n) is 10.4. The van der Waals surface area contributed by atoms with Gasteiger partial charge >= 0.3 is 0 Å². The number of ether oxygens (including phenoxy) is 1. The van der Waals surface area contributed by atoms with Gasteiger partial charge in [-0.2, -0.15) is 0 Å². The molecule has 0 N–H and O–H groups in total. The number of piperazine rings is 1. The predicted octanol–water partition coefficient (Wildman–Crippen LogP) is 1.43. The summed E-state index contributed by atoms with van der Waals surface area (Å²) in [4.78, 5) is 31.8. The highest BCUT2D eigenvalue weighted by Crippen LogP contribution is 2.21. The molecule has 0 unspecified atom stereocenters. The molecule has 2 aliphatic heterocycles. The fraction of sp³-hybridized carbons (Fsp3) is 0.455. The van der Waals surface area contributed by atoms with Crippen molar-refractivity contribution in [3.8, 4) is 5.88 Å². The van der Waals surface area contributed by atoms with Crippen molar-refractivity contribution in [3.63, 3.8) is 0 Å². The van der Waals surface area contributed by atoms with Gasteiger partial charge in [0.05, 0.1) is 13.2 Å². The van der Waals surface area contributed by atoms with Crippen molar-refractivity contribution in [2.75, 3.05) is 39.8 Å². The molecule has 30 heavy (non-hydrogen) atoms. The van der Waals surface area contributed by atoms with E-state index in [1.54, 1.807) is 17.0 Å². The predicted molar refractivity (Wildman–Crippen MR) is 111 cm³/mol. The molecule has 2 saturated heterocycles. The van der Waals surface area contributed by atoms with Crippen LogP contribution in [0.2, 0.25) is 0 Å². The second-order valence-corrected chi connectivity index (χ2v) is 7.69. The number of hydrogen-bond acceptors (Lipinski definition) is 6. The van der Waals surface area contributed by atoms with Crippen molar-refractivity contribution >= 4 is 11.8 Å². The average Bonchev–Trinajstić information content (AvgIpc) is 2.81. The van der Waals surface area contributed by atoms with Crippen molar-refractivity contribution in [1.82, 2.24) is 24.9 Å². The van der Waals surface area contributed by atoms with E-state index >= 15 is 0 Å². The van der Waals surface area contributed by atoms with E-state index in [1.807, 2.05) is 23.1 Å². The van der Waals surface area contributed by atoms with Crippen LogP contribution in [0.4, 0.5) is 0 Å². The van der Waals surface area contributed by atoms with Gasteiger partial charge in [0, 0.05) is 45.3 Å². The minimum Gasteiger partial charge on any atom is -0.480 e. The first kappa shape index (κ1) is 20.3. The molecular weight excluding hydrogens is 382 g/mol. The van der Waals surface area contributed by atoms with Gasteiger partial charge in [-0.3, -0.25) is 14.5 Å².